The van der Waals surface area contributed by atoms with Crippen molar-refractivity contribution in [2.45, 2.75) is 12.5 Å². The molecule has 2 N–H and O–H groups in total. The van der Waals surface area contributed by atoms with Crippen LogP contribution in [0.1, 0.15) is 16.9 Å². The van der Waals surface area contributed by atoms with E-state index in [1.807, 2.05) is 18.2 Å². The Morgan fingerprint density at radius 2 is 2.25 bits per heavy atom. The molecular weight excluding hydrogens is 320 g/mol. The number of aromatic nitrogens is 2. The summed E-state index contributed by atoms with van der Waals surface area (Å²) in [6.45, 7) is 1.76. The fourth-order valence-electron chi connectivity index (χ4n) is 2.45. The number of rotatable bonds is 3. The van der Waals surface area contributed by atoms with Crippen molar-refractivity contribution >= 4 is 27.5 Å². The molecule has 1 atom stereocenters. The summed E-state index contributed by atoms with van der Waals surface area (Å²) in [4.78, 5) is 14.2. The molecule has 0 aliphatic carbocycles. The molecule has 20 heavy (non-hydrogen) atoms. The number of anilines is 1. The largest absolute Gasteiger partial charge is 0.368 e. The first-order valence-corrected chi connectivity index (χ1v) is 7.33. The lowest BCUT2D eigenvalue weighted by Gasteiger charge is -2.20. The second-order valence-corrected chi connectivity index (χ2v) is 5.68. The van der Waals surface area contributed by atoms with Gasteiger partial charge in [0.15, 0.2) is 0 Å². The minimum atomic E-state index is -0.0959. The third-order valence-electron chi connectivity index (χ3n) is 3.46. The number of H-pyrrole nitrogens is 1. The number of hydrogen-bond donors (Lipinski definition) is 2. The van der Waals surface area contributed by atoms with E-state index in [-0.39, 0.29) is 11.9 Å². The first kappa shape index (κ1) is 13.2. The Balaban J connectivity index is 1.63. The summed E-state index contributed by atoms with van der Waals surface area (Å²) in [5.74, 6) is -0.0959. The van der Waals surface area contributed by atoms with Crippen LogP contribution in [-0.2, 0) is 0 Å². The average molecular weight is 335 g/mol. The van der Waals surface area contributed by atoms with Gasteiger partial charge < -0.3 is 10.2 Å². The number of carbonyl (C=O) groups is 1. The lowest BCUT2D eigenvalue weighted by Crippen LogP contribution is -2.37. The molecule has 0 bridgehead atoms. The van der Waals surface area contributed by atoms with Gasteiger partial charge in [-0.15, -0.1) is 0 Å². The van der Waals surface area contributed by atoms with E-state index in [0.29, 0.717) is 5.69 Å². The van der Waals surface area contributed by atoms with Crippen LogP contribution in [-0.4, -0.2) is 35.2 Å². The molecule has 0 radical (unpaired) electrons. The van der Waals surface area contributed by atoms with Gasteiger partial charge in [-0.2, -0.15) is 5.10 Å². The molecule has 2 aromatic rings. The van der Waals surface area contributed by atoms with Crippen LogP contribution >= 0.6 is 15.9 Å². The molecule has 1 aliphatic rings. The fraction of sp³-hybridized carbons (Fsp3) is 0.286. The highest BCUT2D eigenvalue weighted by Crippen LogP contribution is 2.28. The van der Waals surface area contributed by atoms with E-state index in [1.165, 1.54) is 5.69 Å². The zero-order valence-corrected chi connectivity index (χ0v) is 12.4. The van der Waals surface area contributed by atoms with Gasteiger partial charge in [0.25, 0.3) is 5.91 Å². The maximum Gasteiger partial charge on any atom is 0.269 e. The number of hydrogen-bond acceptors (Lipinski definition) is 3. The van der Waals surface area contributed by atoms with Crippen LogP contribution in [0.3, 0.4) is 0 Å². The smallest absolute Gasteiger partial charge is 0.269 e. The fourth-order valence-corrected chi connectivity index (χ4v) is 2.99. The summed E-state index contributed by atoms with van der Waals surface area (Å²) < 4.78 is 1.08. The Labute approximate surface area is 125 Å². The molecule has 1 aromatic carbocycles. The lowest BCUT2D eigenvalue weighted by atomic mass is 10.2. The summed E-state index contributed by atoms with van der Waals surface area (Å²) in [6.07, 6.45) is 2.53. The van der Waals surface area contributed by atoms with Crippen molar-refractivity contribution in [3.05, 3.63) is 46.7 Å². The summed E-state index contributed by atoms with van der Waals surface area (Å²) in [5, 5.41) is 9.50. The lowest BCUT2D eigenvalue weighted by molar-refractivity contribution is 0.0935. The van der Waals surface area contributed by atoms with Crippen LogP contribution in [0.5, 0.6) is 0 Å². The van der Waals surface area contributed by atoms with Crippen molar-refractivity contribution in [1.82, 2.24) is 15.5 Å². The molecule has 5 nitrogen and oxygen atoms in total. The van der Waals surface area contributed by atoms with Crippen LogP contribution in [0.2, 0.25) is 0 Å². The van der Waals surface area contributed by atoms with Crippen molar-refractivity contribution in [1.29, 1.82) is 0 Å². The maximum atomic E-state index is 12.0. The second-order valence-electron chi connectivity index (χ2n) is 4.83. The van der Waals surface area contributed by atoms with Gasteiger partial charge in [0, 0.05) is 29.8 Å². The third-order valence-corrected chi connectivity index (χ3v) is 4.13. The van der Waals surface area contributed by atoms with Crippen molar-refractivity contribution in [3.63, 3.8) is 0 Å². The molecule has 0 saturated carbocycles. The molecule has 3 rings (SSSR count). The molecule has 1 aliphatic heterocycles. The average Bonchev–Trinajstić information content (AvgIpc) is 3.10. The molecule has 1 unspecified atom stereocenters. The predicted molar refractivity (Wildman–Crippen MR) is 80.8 cm³/mol. The van der Waals surface area contributed by atoms with Gasteiger partial charge >= 0.3 is 0 Å². The van der Waals surface area contributed by atoms with Gasteiger partial charge in [-0.3, -0.25) is 9.89 Å². The molecule has 2 heterocycles. The Hall–Kier alpha value is -1.82. The van der Waals surface area contributed by atoms with Crippen LogP contribution < -0.4 is 10.2 Å². The van der Waals surface area contributed by atoms with E-state index in [9.17, 15) is 4.79 Å². The molecular formula is C14H15BrN4O. The number of halogens is 1. The number of para-hydroxylation sites is 1. The van der Waals surface area contributed by atoms with Gasteiger partial charge in [0.2, 0.25) is 0 Å². The topological polar surface area (TPSA) is 61.0 Å². The van der Waals surface area contributed by atoms with Crippen molar-refractivity contribution in [3.8, 4) is 0 Å². The van der Waals surface area contributed by atoms with E-state index in [4.69, 9.17) is 0 Å². The third kappa shape index (κ3) is 2.70. The number of nitrogens with zero attached hydrogens (tertiary/aromatic N) is 2. The van der Waals surface area contributed by atoms with Crippen LogP contribution in [0.15, 0.2) is 41.0 Å². The van der Waals surface area contributed by atoms with Crippen LogP contribution in [0.4, 0.5) is 5.69 Å². The molecule has 1 amide bonds. The van der Waals surface area contributed by atoms with E-state index in [2.05, 4.69) is 42.4 Å². The van der Waals surface area contributed by atoms with Gasteiger partial charge in [-0.25, -0.2) is 0 Å². The zero-order chi connectivity index (χ0) is 13.9. The first-order valence-electron chi connectivity index (χ1n) is 6.54. The zero-order valence-electron chi connectivity index (χ0n) is 10.8. The normalized spacial score (nSPS) is 18.2. The Morgan fingerprint density at radius 3 is 3.00 bits per heavy atom. The van der Waals surface area contributed by atoms with Gasteiger partial charge in [0.05, 0.1) is 5.69 Å². The highest BCUT2D eigenvalue weighted by molar-refractivity contribution is 9.10. The molecule has 1 fully saturated rings. The Kier molecular flexibility index (Phi) is 3.73. The summed E-state index contributed by atoms with van der Waals surface area (Å²) in [7, 11) is 0. The first-order chi connectivity index (χ1) is 9.74. The molecule has 1 saturated heterocycles. The standard InChI is InChI=1S/C14H15BrN4O/c15-11-3-1-2-4-13(11)19-8-6-10(9-19)17-14(20)12-5-7-16-18-12/h1-5,7,10H,6,8-9H2,(H,16,18)(H,17,20). The summed E-state index contributed by atoms with van der Waals surface area (Å²) in [6, 6.07) is 9.99. The number of aromatic amines is 1. The number of benzene rings is 1. The Morgan fingerprint density at radius 1 is 1.40 bits per heavy atom. The molecule has 6 heteroatoms. The van der Waals surface area contributed by atoms with Crippen LogP contribution in [0, 0.1) is 0 Å². The SMILES string of the molecule is O=C(NC1CCN(c2ccccc2Br)C1)c1ccn[nH]1. The molecule has 0 spiro atoms. The monoisotopic (exact) mass is 334 g/mol. The van der Waals surface area contributed by atoms with Crippen molar-refractivity contribution in [2.24, 2.45) is 0 Å². The summed E-state index contributed by atoms with van der Waals surface area (Å²) >= 11 is 3.57. The van der Waals surface area contributed by atoms with Crippen LogP contribution in [0.25, 0.3) is 0 Å². The van der Waals surface area contributed by atoms with E-state index in [0.717, 1.165) is 24.0 Å². The second kappa shape index (κ2) is 5.66. The van der Waals surface area contributed by atoms with Gasteiger partial charge in [-0.1, -0.05) is 12.1 Å². The summed E-state index contributed by atoms with van der Waals surface area (Å²) in [5.41, 5.74) is 1.68. The number of nitrogens with one attached hydrogen (secondary N) is 2. The predicted octanol–water partition coefficient (Wildman–Crippen LogP) is 2.18. The number of carbonyl (C=O) groups excluding carboxylic acids is 1. The van der Waals surface area contributed by atoms with E-state index >= 15 is 0 Å². The van der Waals surface area contributed by atoms with Gasteiger partial charge in [-0.05, 0) is 40.5 Å². The van der Waals surface area contributed by atoms with Crippen molar-refractivity contribution < 1.29 is 4.79 Å². The highest BCUT2D eigenvalue weighted by atomic mass is 79.9. The maximum absolute atomic E-state index is 12.0. The van der Waals surface area contributed by atoms with E-state index in [1.54, 1.807) is 12.3 Å². The minimum Gasteiger partial charge on any atom is -0.368 e. The van der Waals surface area contributed by atoms with Gasteiger partial charge in [0.1, 0.15) is 5.69 Å². The Bertz CT molecular complexity index is 599. The minimum absolute atomic E-state index is 0.0959. The molecule has 1 aromatic heterocycles. The molecule has 104 valence electrons. The number of amides is 1. The highest BCUT2D eigenvalue weighted by Gasteiger charge is 2.25. The van der Waals surface area contributed by atoms with Crippen molar-refractivity contribution in [2.75, 3.05) is 18.0 Å². The quantitative estimate of drug-likeness (QED) is 0.904. The van der Waals surface area contributed by atoms with E-state index < -0.39 is 0 Å².